The van der Waals surface area contributed by atoms with Crippen molar-refractivity contribution in [3.8, 4) is 11.3 Å². The second-order valence-corrected chi connectivity index (χ2v) is 4.79. The van der Waals surface area contributed by atoms with Gasteiger partial charge >= 0.3 is 5.97 Å². The molecule has 0 aliphatic heterocycles. The van der Waals surface area contributed by atoms with Crippen LogP contribution in [0.4, 0.5) is 8.78 Å². The number of hydrogen-bond donors (Lipinski definition) is 0. The molecule has 0 atom stereocenters. The largest absolute Gasteiger partial charge is 0.462 e. The first-order valence-corrected chi connectivity index (χ1v) is 6.53. The third-order valence-electron chi connectivity index (χ3n) is 2.59. The Kier molecular flexibility index (Phi) is 4.17. The number of benzene rings is 1. The van der Waals surface area contributed by atoms with Gasteiger partial charge in [-0.15, -0.1) is 0 Å². The highest BCUT2D eigenvalue weighted by atomic mass is 79.9. The van der Waals surface area contributed by atoms with Crippen LogP contribution in [0.3, 0.4) is 0 Å². The van der Waals surface area contributed by atoms with E-state index < -0.39 is 17.6 Å². The molecule has 2 aromatic rings. The summed E-state index contributed by atoms with van der Waals surface area (Å²) < 4.78 is 37.2. The number of aromatic nitrogens is 1. The van der Waals surface area contributed by atoms with E-state index in [0.29, 0.717) is 0 Å². The van der Waals surface area contributed by atoms with Crippen LogP contribution in [0, 0.1) is 18.6 Å². The van der Waals surface area contributed by atoms with Crippen LogP contribution in [0.5, 0.6) is 0 Å². The van der Waals surface area contributed by atoms with Gasteiger partial charge in [0, 0.05) is 5.56 Å². The molecule has 0 amide bonds. The molecule has 0 fully saturated rings. The first-order chi connectivity index (χ1) is 9.45. The monoisotopic (exact) mass is 345 g/mol. The van der Waals surface area contributed by atoms with Crippen molar-refractivity contribution in [2.45, 2.75) is 13.8 Å². The van der Waals surface area contributed by atoms with Crippen molar-refractivity contribution in [3.05, 3.63) is 39.6 Å². The summed E-state index contributed by atoms with van der Waals surface area (Å²) in [4.78, 5) is 11.9. The van der Waals surface area contributed by atoms with E-state index in [0.717, 1.165) is 12.1 Å². The average molecular weight is 346 g/mol. The van der Waals surface area contributed by atoms with Crippen molar-refractivity contribution in [2.24, 2.45) is 0 Å². The van der Waals surface area contributed by atoms with Crippen molar-refractivity contribution < 1.29 is 22.8 Å². The maximum Gasteiger partial charge on any atom is 0.344 e. The summed E-state index contributed by atoms with van der Waals surface area (Å²) in [5.74, 6) is -1.91. The fourth-order valence-electron chi connectivity index (χ4n) is 1.73. The number of nitrogens with zero attached hydrogens (tertiary/aromatic N) is 1. The van der Waals surface area contributed by atoms with Gasteiger partial charge in [0.15, 0.2) is 0 Å². The first-order valence-electron chi connectivity index (χ1n) is 5.74. The summed E-state index contributed by atoms with van der Waals surface area (Å²) in [7, 11) is 0. The lowest BCUT2D eigenvalue weighted by Crippen LogP contribution is -2.07. The van der Waals surface area contributed by atoms with Crippen LogP contribution in [-0.2, 0) is 4.74 Å². The smallest absolute Gasteiger partial charge is 0.344 e. The standard InChI is InChI=1S/C13H10BrF2NO3/c1-3-19-13(18)10-6(2)20-17-12(10)8-4-7(15)5-9(14)11(8)16/h4-5H,3H2,1-2H3. The number of ether oxygens (including phenoxy) is 1. The number of carbonyl (C=O) groups excluding carboxylic acids is 1. The predicted molar refractivity (Wildman–Crippen MR) is 70.2 cm³/mol. The highest BCUT2D eigenvalue weighted by molar-refractivity contribution is 9.10. The van der Waals surface area contributed by atoms with Gasteiger partial charge in [-0.2, -0.15) is 0 Å². The Morgan fingerprint density at radius 2 is 2.15 bits per heavy atom. The number of carbonyl (C=O) groups is 1. The molecule has 1 aromatic carbocycles. The highest BCUT2D eigenvalue weighted by Crippen LogP contribution is 2.32. The maximum atomic E-state index is 14.1. The first kappa shape index (κ1) is 14.6. The average Bonchev–Trinajstić information content (AvgIpc) is 2.76. The van der Waals surface area contributed by atoms with Crippen LogP contribution in [0.1, 0.15) is 23.0 Å². The molecule has 20 heavy (non-hydrogen) atoms. The van der Waals surface area contributed by atoms with E-state index in [2.05, 4.69) is 21.1 Å². The number of rotatable bonds is 3. The van der Waals surface area contributed by atoms with E-state index in [-0.39, 0.29) is 33.7 Å². The van der Waals surface area contributed by atoms with Gasteiger partial charge in [0.1, 0.15) is 28.7 Å². The van der Waals surface area contributed by atoms with Crippen LogP contribution in [-0.4, -0.2) is 17.7 Å². The molecule has 106 valence electrons. The topological polar surface area (TPSA) is 52.3 Å². The quantitative estimate of drug-likeness (QED) is 0.625. The summed E-state index contributed by atoms with van der Waals surface area (Å²) in [6.07, 6.45) is 0. The van der Waals surface area contributed by atoms with E-state index >= 15 is 0 Å². The number of esters is 1. The van der Waals surface area contributed by atoms with Crippen LogP contribution >= 0.6 is 15.9 Å². The van der Waals surface area contributed by atoms with Gasteiger partial charge in [0.05, 0.1) is 11.1 Å². The third kappa shape index (κ3) is 2.58. The molecule has 0 unspecified atom stereocenters. The minimum atomic E-state index is -0.731. The van der Waals surface area contributed by atoms with Gasteiger partial charge in [-0.05, 0) is 41.9 Å². The molecule has 0 saturated heterocycles. The molecular weight excluding hydrogens is 336 g/mol. The minimum Gasteiger partial charge on any atom is -0.462 e. The summed E-state index contributed by atoms with van der Waals surface area (Å²) >= 11 is 2.90. The van der Waals surface area contributed by atoms with Gasteiger partial charge in [-0.1, -0.05) is 5.16 Å². The fourth-order valence-corrected chi connectivity index (χ4v) is 2.16. The molecule has 0 radical (unpaired) electrons. The Morgan fingerprint density at radius 1 is 1.45 bits per heavy atom. The molecule has 0 saturated carbocycles. The molecular formula is C13H10BrF2NO3. The Morgan fingerprint density at radius 3 is 2.80 bits per heavy atom. The van der Waals surface area contributed by atoms with Gasteiger partial charge in [0.25, 0.3) is 0 Å². The minimum absolute atomic E-state index is 0.0109. The fraction of sp³-hybridized carbons (Fsp3) is 0.231. The second-order valence-electron chi connectivity index (χ2n) is 3.93. The van der Waals surface area contributed by atoms with E-state index in [4.69, 9.17) is 9.26 Å². The predicted octanol–water partition coefficient (Wildman–Crippen LogP) is 3.87. The van der Waals surface area contributed by atoms with E-state index in [1.807, 2.05) is 0 Å². The molecule has 1 aromatic heterocycles. The lowest BCUT2D eigenvalue weighted by atomic mass is 10.1. The number of halogens is 3. The normalized spacial score (nSPS) is 10.7. The Balaban J connectivity index is 2.63. The maximum absolute atomic E-state index is 14.1. The summed E-state index contributed by atoms with van der Waals surface area (Å²) in [6.45, 7) is 3.28. The molecule has 1 heterocycles. The lowest BCUT2D eigenvalue weighted by Gasteiger charge is -2.05. The Hall–Kier alpha value is -1.76. The van der Waals surface area contributed by atoms with Gasteiger partial charge in [-0.25, -0.2) is 13.6 Å². The van der Waals surface area contributed by atoms with Crippen LogP contribution in [0.15, 0.2) is 21.1 Å². The summed E-state index contributed by atoms with van der Waals surface area (Å²) in [5.41, 5.74) is -0.265. The molecule has 7 heteroatoms. The lowest BCUT2D eigenvalue weighted by molar-refractivity contribution is 0.0525. The van der Waals surface area contributed by atoms with Crippen molar-refractivity contribution in [3.63, 3.8) is 0 Å². The van der Waals surface area contributed by atoms with Gasteiger partial charge in [0.2, 0.25) is 0 Å². The molecule has 0 N–H and O–H groups in total. The molecule has 2 rings (SSSR count). The third-order valence-corrected chi connectivity index (χ3v) is 3.17. The molecule has 0 spiro atoms. The van der Waals surface area contributed by atoms with E-state index in [1.165, 1.54) is 6.92 Å². The number of hydrogen-bond acceptors (Lipinski definition) is 4. The van der Waals surface area contributed by atoms with Crippen molar-refractivity contribution in [1.82, 2.24) is 5.16 Å². The highest BCUT2D eigenvalue weighted by Gasteiger charge is 2.25. The van der Waals surface area contributed by atoms with Gasteiger partial charge < -0.3 is 9.26 Å². The van der Waals surface area contributed by atoms with Crippen LogP contribution < -0.4 is 0 Å². The number of aryl methyl sites for hydroxylation is 1. The summed E-state index contributed by atoms with van der Waals surface area (Å²) in [6, 6.07) is 1.93. The zero-order valence-corrected chi connectivity index (χ0v) is 12.3. The zero-order chi connectivity index (χ0) is 14.9. The van der Waals surface area contributed by atoms with Crippen LogP contribution in [0.25, 0.3) is 11.3 Å². The Labute approximate surface area is 121 Å². The van der Waals surface area contributed by atoms with Crippen LogP contribution in [0.2, 0.25) is 0 Å². The molecule has 0 aliphatic carbocycles. The van der Waals surface area contributed by atoms with Gasteiger partial charge in [-0.3, -0.25) is 0 Å². The van der Waals surface area contributed by atoms with E-state index in [1.54, 1.807) is 6.92 Å². The Bertz CT molecular complexity index is 670. The van der Waals surface area contributed by atoms with Crippen molar-refractivity contribution in [2.75, 3.05) is 6.61 Å². The molecule has 0 aliphatic rings. The SMILES string of the molecule is CCOC(=O)c1c(-c2cc(F)cc(Br)c2F)noc1C. The molecule has 0 bridgehead atoms. The summed E-state index contributed by atoms with van der Waals surface area (Å²) in [5, 5.41) is 3.63. The van der Waals surface area contributed by atoms with Crippen molar-refractivity contribution in [1.29, 1.82) is 0 Å². The van der Waals surface area contributed by atoms with E-state index in [9.17, 15) is 13.6 Å². The van der Waals surface area contributed by atoms with Crippen molar-refractivity contribution >= 4 is 21.9 Å². The zero-order valence-electron chi connectivity index (χ0n) is 10.7. The second kappa shape index (κ2) is 5.70. The molecule has 4 nitrogen and oxygen atoms in total.